The minimum absolute atomic E-state index is 0.244. The zero-order chi connectivity index (χ0) is 17.5. The highest BCUT2D eigenvalue weighted by Crippen LogP contribution is 2.19. The smallest absolute Gasteiger partial charge is 0.336 e. The largest absolute Gasteiger partial charge is 0.497 e. The highest BCUT2D eigenvalue weighted by Gasteiger charge is 1.99. The number of hydrogen-bond donors (Lipinski definition) is 0. The summed E-state index contributed by atoms with van der Waals surface area (Å²) in [6.07, 6.45) is 0. The van der Waals surface area contributed by atoms with Crippen LogP contribution >= 0.6 is 0 Å². The lowest BCUT2D eigenvalue weighted by Crippen LogP contribution is -1.98. The van der Waals surface area contributed by atoms with Crippen LogP contribution in [0.3, 0.4) is 0 Å². The summed E-state index contributed by atoms with van der Waals surface area (Å²) in [5, 5.41) is 0.799. The second kappa shape index (κ2) is 7.93. The maximum atomic E-state index is 11.1. The summed E-state index contributed by atoms with van der Waals surface area (Å²) in [7, 11) is 1.62. The zero-order valence-corrected chi connectivity index (χ0v) is 13.7. The Hall–Kier alpha value is -3.39. The summed E-state index contributed by atoms with van der Waals surface area (Å²) in [5.41, 5.74) is 0.155. The van der Waals surface area contributed by atoms with Crippen molar-refractivity contribution in [2.24, 2.45) is 0 Å². The first-order valence-electron chi connectivity index (χ1n) is 7.64. The van der Waals surface area contributed by atoms with Crippen LogP contribution in [-0.4, -0.2) is 20.3 Å². The van der Waals surface area contributed by atoms with Gasteiger partial charge in [0.15, 0.2) is 0 Å². The summed E-state index contributed by atoms with van der Waals surface area (Å²) >= 11 is 0. The molecule has 0 saturated heterocycles. The first kappa shape index (κ1) is 16.5. The molecular weight excluding hydrogens is 320 g/mol. The van der Waals surface area contributed by atoms with Crippen molar-refractivity contribution in [2.45, 2.75) is 0 Å². The Labute approximate surface area is 144 Å². The van der Waals surface area contributed by atoms with Crippen LogP contribution in [-0.2, 0) is 0 Å². The second-order valence-corrected chi connectivity index (χ2v) is 5.06. The Morgan fingerprint density at radius 1 is 0.840 bits per heavy atom. The van der Waals surface area contributed by atoms with Crippen LogP contribution in [0.4, 0.5) is 0 Å². The van der Waals surface area contributed by atoms with Crippen molar-refractivity contribution in [3.05, 3.63) is 65.0 Å². The van der Waals surface area contributed by atoms with E-state index in [1.54, 1.807) is 31.4 Å². The first-order valence-corrected chi connectivity index (χ1v) is 7.64. The summed E-state index contributed by atoms with van der Waals surface area (Å²) in [4.78, 5) is 11.1. The van der Waals surface area contributed by atoms with E-state index in [0.29, 0.717) is 11.3 Å². The van der Waals surface area contributed by atoms with E-state index in [4.69, 9.17) is 18.6 Å². The summed E-state index contributed by atoms with van der Waals surface area (Å²) in [6.45, 7) is 0.521. The van der Waals surface area contributed by atoms with Gasteiger partial charge in [-0.05, 0) is 48.5 Å². The predicted octanol–water partition coefficient (Wildman–Crippen LogP) is 3.26. The average Bonchev–Trinajstić information content (AvgIpc) is 2.65. The van der Waals surface area contributed by atoms with Gasteiger partial charge in [0, 0.05) is 11.5 Å². The third-order valence-electron chi connectivity index (χ3n) is 3.40. The molecule has 0 aliphatic carbocycles. The summed E-state index contributed by atoms with van der Waals surface area (Å²) in [5.74, 6) is 7.94. The van der Waals surface area contributed by atoms with Gasteiger partial charge in [-0.25, -0.2) is 4.79 Å². The van der Waals surface area contributed by atoms with Crippen molar-refractivity contribution >= 4 is 11.0 Å². The fourth-order valence-corrected chi connectivity index (χ4v) is 2.15. The molecule has 5 nitrogen and oxygen atoms in total. The molecule has 0 fully saturated rings. The molecule has 3 rings (SSSR count). The van der Waals surface area contributed by atoms with E-state index in [-0.39, 0.29) is 18.8 Å². The van der Waals surface area contributed by atoms with E-state index in [1.807, 2.05) is 24.3 Å². The zero-order valence-electron chi connectivity index (χ0n) is 13.7. The van der Waals surface area contributed by atoms with E-state index in [1.165, 1.54) is 6.07 Å². The van der Waals surface area contributed by atoms with Crippen molar-refractivity contribution < 1.29 is 18.6 Å². The molecule has 0 amide bonds. The van der Waals surface area contributed by atoms with Crippen LogP contribution in [0.1, 0.15) is 0 Å². The minimum Gasteiger partial charge on any atom is -0.497 e. The third kappa shape index (κ3) is 4.55. The molecule has 2 aromatic carbocycles. The third-order valence-corrected chi connectivity index (χ3v) is 3.40. The highest BCUT2D eigenvalue weighted by atomic mass is 16.5. The molecule has 0 aliphatic rings. The standard InChI is InChI=1S/C20H16O5/c1-22-16-5-7-17(8-6-16)23-12-2-3-13-24-18-9-10-19-15(14-18)4-11-20(21)25-19/h4-11,14H,12-13H2,1H3. The van der Waals surface area contributed by atoms with E-state index in [0.717, 1.165) is 16.9 Å². The molecule has 0 N–H and O–H groups in total. The topological polar surface area (TPSA) is 57.9 Å². The van der Waals surface area contributed by atoms with Gasteiger partial charge < -0.3 is 18.6 Å². The van der Waals surface area contributed by atoms with Crippen molar-refractivity contribution in [1.29, 1.82) is 0 Å². The number of methoxy groups -OCH3 is 1. The van der Waals surface area contributed by atoms with Gasteiger partial charge in [-0.1, -0.05) is 11.8 Å². The maximum Gasteiger partial charge on any atom is 0.336 e. The molecule has 0 radical (unpaired) electrons. The van der Waals surface area contributed by atoms with Gasteiger partial charge in [0.05, 0.1) is 7.11 Å². The number of rotatable bonds is 5. The van der Waals surface area contributed by atoms with Gasteiger partial charge in [-0.2, -0.15) is 0 Å². The van der Waals surface area contributed by atoms with Gasteiger partial charge in [0.2, 0.25) is 0 Å². The van der Waals surface area contributed by atoms with Gasteiger partial charge in [0.25, 0.3) is 0 Å². The fraction of sp³-hybridized carbons (Fsp3) is 0.150. The normalized spacial score (nSPS) is 9.96. The lowest BCUT2D eigenvalue weighted by atomic mass is 10.2. The number of ether oxygens (including phenoxy) is 3. The van der Waals surface area contributed by atoms with Crippen LogP contribution in [0.2, 0.25) is 0 Å². The van der Waals surface area contributed by atoms with Crippen LogP contribution < -0.4 is 19.8 Å². The monoisotopic (exact) mass is 336 g/mol. The molecule has 0 atom stereocenters. The molecule has 126 valence electrons. The van der Waals surface area contributed by atoms with E-state index >= 15 is 0 Å². The van der Waals surface area contributed by atoms with Crippen molar-refractivity contribution in [2.75, 3.05) is 20.3 Å². The summed E-state index contributed by atoms with van der Waals surface area (Å²) < 4.78 is 21.2. The van der Waals surface area contributed by atoms with Gasteiger partial charge >= 0.3 is 5.63 Å². The molecule has 0 bridgehead atoms. The summed E-state index contributed by atoms with van der Waals surface area (Å²) in [6, 6.07) is 15.6. The van der Waals surface area contributed by atoms with Gasteiger partial charge in [-0.3, -0.25) is 0 Å². The molecule has 0 aliphatic heterocycles. The number of fused-ring (bicyclic) bond motifs is 1. The molecule has 1 heterocycles. The van der Waals surface area contributed by atoms with Crippen LogP contribution in [0, 0.1) is 11.8 Å². The molecule has 25 heavy (non-hydrogen) atoms. The van der Waals surface area contributed by atoms with E-state index in [9.17, 15) is 4.79 Å². The van der Waals surface area contributed by atoms with Gasteiger partial charge in [-0.15, -0.1) is 0 Å². The molecule has 3 aromatic rings. The Morgan fingerprint density at radius 3 is 2.20 bits per heavy atom. The fourth-order valence-electron chi connectivity index (χ4n) is 2.15. The molecule has 0 saturated carbocycles. The Morgan fingerprint density at radius 2 is 1.48 bits per heavy atom. The molecular formula is C20H16O5. The Balaban J connectivity index is 1.48. The van der Waals surface area contributed by atoms with Crippen LogP contribution in [0.5, 0.6) is 17.2 Å². The molecule has 0 spiro atoms. The highest BCUT2D eigenvalue weighted by molar-refractivity contribution is 5.77. The SMILES string of the molecule is COc1ccc(OCC#CCOc2ccc3oc(=O)ccc3c2)cc1. The lowest BCUT2D eigenvalue weighted by molar-refractivity contribution is 0.361. The molecule has 1 aromatic heterocycles. The first-order chi connectivity index (χ1) is 12.2. The molecule has 5 heteroatoms. The van der Waals surface area contributed by atoms with Crippen LogP contribution in [0.25, 0.3) is 11.0 Å². The van der Waals surface area contributed by atoms with Gasteiger partial charge in [0.1, 0.15) is 36.0 Å². The number of benzene rings is 2. The van der Waals surface area contributed by atoms with E-state index < -0.39 is 0 Å². The molecule has 0 unspecified atom stereocenters. The Kier molecular flexibility index (Phi) is 5.22. The lowest BCUT2D eigenvalue weighted by Gasteiger charge is -2.04. The van der Waals surface area contributed by atoms with Crippen molar-refractivity contribution in [1.82, 2.24) is 0 Å². The Bertz CT molecular complexity index is 961. The van der Waals surface area contributed by atoms with E-state index in [2.05, 4.69) is 11.8 Å². The van der Waals surface area contributed by atoms with Crippen molar-refractivity contribution in [3.8, 4) is 29.1 Å². The predicted molar refractivity (Wildman–Crippen MR) is 94.2 cm³/mol. The maximum absolute atomic E-state index is 11.1. The minimum atomic E-state index is -0.371. The number of hydrogen-bond acceptors (Lipinski definition) is 5. The van der Waals surface area contributed by atoms with Crippen LogP contribution in [0.15, 0.2) is 63.8 Å². The quantitative estimate of drug-likeness (QED) is 0.529. The average molecular weight is 336 g/mol. The van der Waals surface area contributed by atoms with Crippen molar-refractivity contribution in [3.63, 3.8) is 0 Å². The second-order valence-electron chi connectivity index (χ2n) is 5.06.